The molecule has 11 heteroatoms. The van der Waals surface area contributed by atoms with Gasteiger partial charge in [0.05, 0.1) is 11.6 Å². The minimum Gasteiger partial charge on any atom is -0.271 e. The van der Waals surface area contributed by atoms with Gasteiger partial charge in [0.1, 0.15) is 6.04 Å². The molecule has 2 heterocycles. The van der Waals surface area contributed by atoms with Crippen molar-refractivity contribution in [1.82, 2.24) is 24.9 Å². The Balaban J connectivity index is 1.82. The number of benzene rings is 1. The highest BCUT2D eigenvalue weighted by Gasteiger charge is 2.34. The maximum Gasteiger partial charge on any atom is 0.290 e. The molecule has 0 aliphatic carbocycles. The summed E-state index contributed by atoms with van der Waals surface area (Å²) in [7, 11) is -3.54. The normalized spacial score (nSPS) is 17.8. The van der Waals surface area contributed by atoms with E-state index in [4.69, 9.17) is 0 Å². The number of carbonyl (C=O) groups excluding carboxylic acids is 2. The SMILES string of the molecule is CCn1nc(C(=O)NNC(=O)C2CCCCN2S(C)(=O)=O)c2ccccc2c1=O. The Morgan fingerprint density at radius 1 is 1.17 bits per heavy atom. The summed E-state index contributed by atoms with van der Waals surface area (Å²) in [5.74, 6) is -1.31. The molecule has 3 rings (SSSR count). The summed E-state index contributed by atoms with van der Waals surface area (Å²) >= 11 is 0. The highest BCUT2D eigenvalue weighted by molar-refractivity contribution is 7.88. The molecule has 1 unspecified atom stereocenters. The first-order valence-electron chi connectivity index (χ1n) is 9.31. The van der Waals surface area contributed by atoms with Crippen molar-refractivity contribution < 1.29 is 18.0 Å². The van der Waals surface area contributed by atoms with E-state index in [1.165, 1.54) is 4.68 Å². The number of hydrazine groups is 1. The molecule has 1 aliphatic heterocycles. The number of hydrogen-bond donors (Lipinski definition) is 2. The van der Waals surface area contributed by atoms with Crippen molar-refractivity contribution in [2.24, 2.45) is 0 Å². The van der Waals surface area contributed by atoms with E-state index in [0.717, 1.165) is 10.6 Å². The molecule has 29 heavy (non-hydrogen) atoms. The minimum absolute atomic E-state index is 0.00837. The summed E-state index contributed by atoms with van der Waals surface area (Å²) in [6, 6.07) is 5.70. The van der Waals surface area contributed by atoms with Gasteiger partial charge in [-0.25, -0.2) is 13.1 Å². The number of rotatable bonds is 4. The van der Waals surface area contributed by atoms with Gasteiger partial charge in [0.2, 0.25) is 10.0 Å². The van der Waals surface area contributed by atoms with Crippen molar-refractivity contribution in [3.63, 3.8) is 0 Å². The second-order valence-electron chi connectivity index (χ2n) is 6.84. The molecule has 0 radical (unpaired) electrons. The number of fused-ring (bicyclic) bond motifs is 1. The van der Waals surface area contributed by atoms with Gasteiger partial charge in [-0.05, 0) is 25.8 Å². The van der Waals surface area contributed by atoms with Crippen LogP contribution in [0.3, 0.4) is 0 Å². The lowest BCUT2D eigenvalue weighted by atomic mass is 10.0. The monoisotopic (exact) mass is 421 g/mol. The molecule has 10 nitrogen and oxygen atoms in total. The molecule has 2 N–H and O–H groups in total. The zero-order valence-corrected chi connectivity index (χ0v) is 17.0. The smallest absolute Gasteiger partial charge is 0.271 e. The van der Waals surface area contributed by atoms with Gasteiger partial charge >= 0.3 is 0 Å². The molecule has 1 atom stereocenters. The number of aromatic nitrogens is 2. The van der Waals surface area contributed by atoms with Crippen LogP contribution in [0.5, 0.6) is 0 Å². The number of hydrogen-bond acceptors (Lipinski definition) is 6. The highest BCUT2D eigenvalue weighted by Crippen LogP contribution is 2.20. The molecule has 156 valence electrons. The van der Waals surface area contributed by atoms with E-state index in [-0.39, 0.29) is 24.3 Å². The summed E-state index contributed by atoms with van der Waals surface area (Å²) < 4.78 is 26.2. The largest absolute Gasteiger partial charge is 0.290 e. The van der Waals surface area contributed by atoms with E-state index in [0.29, 0.717) is 30.0 Å². The predicted octanol–water partition coefficient (Wildman–Crippen LogP) is -0.00850. The number of sulfonamides is 1. The van der Waals surface area contributed by atoms with Crippen LogP contribution in [0.15, 0.2) is 29.1 Å². The lowest BCUT2D eigenvalue weighted by molar-refractivity contribution is -0.126. The lowest BCUT2D eigenvalue weighted by Gasteiger charge is -2.32. The van der Waals surface area contributed by atoms with Crippen molar-refractivity contribution in [1.29, 1.82) is 0 Å². The number of nitrogens with zero attached hydrogens (tertiary/aromatic N) is 3. The summed E-state index contributed by atoms with van der Waals surface area (Å²) in [6.07, 6.45) is 2.82. The van der Waals surface area contributed by atoms with Gasteiger partial charge in [-0.3, -0.25) is 25.2 Å². The number of carbonyl (C=O) groups is 2. The molecule has 1 fully saturated rings. The van der Waals surface area contributed by atoms with Crippen LogP contribution in [0, 0.1) is 0 Å². The zero-order chi connectivity index (χ0) is 21.2. The Bertz CT molecular complexity index is 1110. The Hall–Kier alpha value is -2.79. The van der Waals surface area contributed by atoms with E-state index >= 15 is 0 Å². The van der Waals surface area contributed by atoms with Gasteiger partial charge < -0.3 is 0 Å². The fraction of sp³-hybridized carbons (Fsp3) is 0.444. The summed E-state index contributed by atoms with van der Waals surface area (Å²) in [5.41, 5.74) is 4.27. The number of piperidine rings is 1. The van der Waals surface area contributed by atoms with Crippen molar-refractivity contribution in [3.05, 3.63) is 40.3 Å². The van der Waals surface area contributed by atoms with Crippen LogP contribution in [-0.4, -0.2) is 53.2 Å². The minimum atomic E-state index is -3.54. The molecular weight excluding hydrogens is 398 g/mol. The fourth-order valence-corrected chi connectivity index (χ4v) is 4.57. The maximum atomic E-state index is 12.7. The summed E-state index contributed by atoms with van der Waals surface area (Å²) in [6.45, 7) is 2.27. The molecule has 2 aromatic rings. The second kappa shape index (κ2) is 8.29. The van der Waals surface area contributed by atoms with Crippen LogP contribution in [0.2, 0.25) is 0 Å². The third-order valence-electron chi connectivity index (χ3n) is 4.86. The molecule has 0 spiro atoms. The van der Waals surface area contributed by atoms with Gasteiger partial charge in [-0.2, -0.15) is 9.40 Å². The Labute approximate surface area is 167 Å². The maximum absolute atomic E-state index is 12.7. The van der Waals surface area contributed by atoms with Gasteiger partial charge in [0.25, 0.3) is 17.4 Å². The number of aryl methyl sites for hydroxylation is 1. The van der Waals surface area contributed by atoms with Crippen LogP contribution >= 0.6 is 0 Å². The third-order valence-corrected chi connectivity index (χ3v) is 6.15. The summed E-state index contributed by atoms with van der Waals surface area (Å²) in [4.78, 5) is 37.6. The molecule has 1 aromatic carbocycles. The van der Waals surface area contributed by atoms with Crippen molar-refractivity contribution in [2.75, 3.05) is 12.8 Å². The third kappa shape index (κ3) is 4.30. The van der Waals surface area contributed by atoms with Crippen LogP contribution in [0.1, 0.15) is 36.7 Å². The van der Waals surface area contributed by atoms with Crippen molar-refractivity contribution in [3.8, 4) is 0 Å². The number of amides is 2. The van der Waals surface area contributed by atoms with E-state index in [1.807, 2.05) is 0 Å². The first-order chi connectivity index (χ1) is 13.7. The standard InChI is InChI=1S/C18H23N5O5S/c1-3-22-18(26)13-9-5-4-8-12(13)15(21-22)17(25)20-19-16(24)14-10-6-7-11-23(14)29(2,27)28/h4-5,8-9,14H,3,6-7,10-11H2,1-2H3,(H,19,24)(H,20,25). The molecule has 2 amide bonds. The van der Waals surface area contributed by atoms with Crippen LogP contribution in [0.25, 0.3) is 10.8 Å². The quantitative estimate of drug-likeness (QED) is 0.668. The van der Waals surface area contributed by atoms with Gasteiger partial charge in [0.15, 0.2) is 5.69 Å². The van der Waals surface area contributed by atoms with Gasteiger partial charge in [0, 0.05) is 18.5 Å². The van der Waals surface area contributed by atoms with Crippen LogP contribution in [0.4, 0.5) is 0 Å². The summed E-state index contributed by atoms with van der Waals surface area (Å²) in [5, 5.41) is 4.81. The van der Waals surface area contributed by atoms with E-state index in [1.54, 1.807) is 31.2 Å². The fourth-order valence-electron chi connectivity index (χ4n) is 3.44. The van der Waals surface area contributed by atoms with Crippen LogP contribution in [-0.2, 0) is 21.4 Å². The van der Waals surface area contributed by atoms with Gasteiger partial charge in [-0.15, -0.1) is 0 Å². The van der Waals surface area contributed by atoms with E-state index in [2.05, 4.69) is 16.0 Å². The van der Waals surface area contributed by atoms with Gasteiger partial charge in [-0.1, -0.05) is 24.6 Å². The lowest BCUT2D eigenvalue weighted by Crippen LogP contribution is -2.55. The molecule has 1 aromatic heterocycles. The Morgan fingerprint density at radius 3 is 2.52 bits per heavy atom. The Kier molecular flexibility index (Phi) is 5.99. The topological polar surface area (TPSA) is 130 Å². The second-order valence-corrected chi connectivity index (χ2v) is 8.78. The molecule has 0 saturated carbocycles. The predicted molar refractivity (Wildman–Crippen MR) is 106 cm³/mol. The Morgan fingerprint density at radius 2 is 1.86 bits per heavy atom. The van der Waals surface area contributed by atoms with Crippen molar-refractivity contribution >= 4 is 32.6 Å². The first kappa shape index (κ1) is 20.9. The zero-order valence-electron chi connectivity index (χ0n) is 16.2. The molecule has 1 aliphatic rings. The first-order valence-corrected chi connectivity index (χ1v) is 11.2. The average molecular weight is 421 g/mol. The molecule has 1 saturated heterocycles. The van der Waals surface area contributed by atoms with E-state index in [9.17, 15) is 22.8 Å². The molecular formula is C18H23N5O5S. The highest BCUT2D eigenvalue weighted by atomic mass is 32.2. The average Bonchev–Trinajstić information content (AvgIpc) is 2.71. The molecule has 0 bridgehead atoms. The van der Waals surface area contributed by atoms with E-state index < -0.39 is 27.9 Å². The number of nitrogens with one attached hydrogen (secondary N) is 2. The van der Waals surface area contributed by atoms with Crippen molar-refractivity contribution in [2.45, 2.75) is 38.8 Å². The van der Waals surface area contributed by atoms with Crippen LogP contribution < -0.4 is 16.4 Å².